The van der Waals surface area contributed by atoms with Crippen LogP contribution in [0.5, 0.6) is 0 Å². The first-order valence-electron chi connectivity index (χ1n) is 5.62. The third-order valence-electron chi connectivity index (χ3n) is 1.97. The van der Waals surface area contributed by atoms with Gasteiger partial charge in [0.1, 0.15) is 0 Å². The van der Waals surface area contributed by atoms with Gasteiger partial charge in [0.2, 0.25) is 0 Å². The molecule has 0 bridgehead atoms. The zero-order valence-electron chi connectivity index (χ0n) is 10.6. The van der Waals surface area contributed by atoms with Crippen LogP contribution in [0, 0.1) is 5.92 Å². The van der Waals surface area contributed by atoms with Crippen molar-refractivity contribution in [2.45, 2.75) is 39.3 Å². The molecule has 0 N–H and O–H groups in total. The van der Waals surface area contributed by atoms with Crippen molar-refractivity contribution in [1.29, 1.82) is 0 Å². The minimum absolute atomic E-state index is 0.0358. The fourth-order valence-electron chi connectivity index (χ4n) is 0.804. The Morgan fingerprint density at radius 1 is 1.31 bits per heavy atom. The second kappa shape index (κ2) is 9.81. The molecule has 5 heteroatoms. The molecule has 0 fully saturated rings. The van der Waals surface area contributed by atoms with Crippen LogP contribution in [0.25, 0.3) is 0 Å². The van der Waals surface area contributed by atoms with Crippen LogP contribution in [0.1, 0.15) is 27.2 Å². The number of carbonyl (C=O) groups is 1. The predicted octanol–water partition coefficient (Wildman–Crippen LogP) is 1.66. The van der Waals surface area contributed by atoms with Crippen molar-refractivity contribution >= 4 is 15.7 Å². The third kappa shape index (κ3) is 8.88. The second-order valence-corrected chi connectivity index (χ2v) is 4.94. The van der Waals surface area contributed by atoms with Gasteiger partial charge in [-0.1, -0.05) is 13.8 Å². The van der Waals surface area contributed by atoms with Crippen LogP contribution in [0.2, 0.25) is 6.04 Å². The number of hydrogen-bond donors (Lipinski definition) is 0. The number of rotatable bonds is 9. The van der Waals surface area contributed by atoms with Gasteiger partial charge in [-0.3, -0.25) is 4.79 Å². The maximum absolute atomic E-state index is 11.1. The molecule has 0 aromatic heterocycles. The summed E-state index contributed by atoms with van der Waals surface area (Å²) in [7, 11) is 1.92. The highest BCUT2D eigenvalue weighted by atomic mass is 28.2. The molecule has 2 radical (unpaired) electrons. The molecular formula is C11H22O4Si. The van der Waals surface area contributed by atoms with Gasteiger partial charge in [0.25, 0.3) is 5.97 Å². The summed E-state index contributed by atoms with van der Waals surface area (Å²) >= 11 is 0. The van der Waals surface area contributed by atoms with E-state index in [1.807, 2.05) is 20.8 Å². The average molecular weight is 246 g/mol. The molecule has 0 spiro atoms. The summed E-state index contributed by atoms with van der Waals surface area (Å²) in [4.78, 5) is 11.1. The van der Waals surface area contributed by atoms with Crippen LogP contribution in [0.4, 0.5) is 0 Å². The van der Waals surface area contributed by atoms with Crippen molar-refractivity contribution in [3.63, 3.8) is 0 Å². The van der Waals surface area contributed by atoms with Crippen LogP contribution in [0.15, 0.2) is 0 Å². The van der Waals surface area contributed by atoms with Crippen molar-refractivity contribution in [3.05, 3.63) is 0 Å². The SMILES string of the molecule is COC(C)COCCC[Si]OC(=O)C(C)C. The summed E-state index contributed by atoms with van der Waals surface area (Å²) in [5.74, 6) is -0.154. The van der Waals surface area contributed by atoms with Gasteiger partial charge in [-0.2, -0.15) is 0 Å². The highest BCUT2D eigenvalue weighted by Gasteiger charge is 2.08. The molecule has 0 rings (SSSR count). The lowest BCUT2D eigenvalue weighted by Gasteiger charge is -2.09. The van der Waals surface area contributed by atoms with Gasteiger partial charge in [-0.25, -0.2) is 0 Å². The molecule has 16 heavy (non-hydrogen) atoms. The van der Waals surface area contributed by atoms with Gasteiger partial charge in [0.15, 0.2) is 0 Å². The Kier molecular flexibility index (Phi) is 9.57. The molecule has 0 saturated heterocycles. The van der Waals surface area contributed by atoms with Crippen molar-refractivity contribution in [2.75, 3.05) is 20.3 Å². The van der Waals surface area contributed by atoms with Gasteiger partial charge in [-0.15, -0.1) is 0 Å². The molecule has 0 saturated carbocycles. The number of hydrogen-bond acceptors (Lipinski definition) is 4. The number of methoxy groups -OCH3 is 1. The molecule has 0 heterocycles. The third-order valence-corrected chi connectivity index (χ3v) is 2.87. The zero-order chi connectivity index (χ0) is 12.4. The summed E-state index contributed by atoms with van der Waals surface area (Å²) in [5.41, 5.74) is 0. The quantitative estimate of drug-likeness (QED) is 0.458. The predicted molar refractivity (Wildman–Crippen MR) is 63.4 cm³/mol. The molecule has 0 amide bonds. The van der Waals surface area contributed by atoms with Crippen LogP contribution in [-0.2, 0) is 18.7 Å². The Balaban J connectivity index is 3.19. The van der Waals surface area contributed by atoms with E-state index in [2.05, 4.69) is 0 Å². The second-order valence-electron chi connectivity index (χ2n) is 3.94. The summed E-state index contributed by atoms with van der Waals surface area (Å²) in [6, 6.07) is 0.875. The average Bonchev–Trinajstić information content (AvgIpc) is 2.26. The molecular weight excluding hydrogens is 224 g/mol. The van der Waals surface area contributed by atoms with Gasteiger partial charge >= 0.3 is 9.76 Å². The molecule has 0 aromatic rings. The number of carbonyl (C=O) groups excluding carboxylic acids is 1. The smallest absolute Gasteiger partial charge is 0.314 e. The fourth-order valence-corrected chi connectivity index (χ4v) is 1.57. The van der Waals surface area contributed by atoms with E-state index >= 15 is 0 Å². The highest BCUT2D eigenvalue weighted by molar-refractivity contribution is 6.30. The van der Waals surface area contributed by atoms with Crippen molar-refractivity contribution in [1.82, 2.24) is 0 Å². The maximum atomic E-state index is 11.1. The summed E-state index contributed by atoms with van der Waals surface area (Å²) < 4.78 is 15.5. The van der Waals surface area contributed by atoms with Crippen LogP contribution < -0.4 is 0 Å². The minimum atomic E-state index is -0.118. The van der Waals surface area contributed by atoms with E-state index in [9.17, 15) is 4.79 Å². The first kappa shape index (κ1) is 15.6. The summed E-state index contributed by atoms with van der Waals surface area (Å²) in [5, 5.41) is 0. The molecule has 4 nitrogen and oxygen atoms in total. The normalized spacial score (nSPS) is 12.8. The van der Waals surface area contributed by atoms with E-state index in [0.29, 0.717) is 13.2 Å². The number of ether oxygens (including phenoxy) is 2. The van der Waals surface area contributed by atoms with Gasteiger partial charge in [-0.05, 0) is 19.4 Å². The lowest BCUT2D eigenvalue weighted by Crippen LogP contribution is -2.16. The van der Waals surface area contributed by atoms with E-state index in [4.69, 9.17) is 13.9 Å². The molecule has 0 aromatic carbocycles. The summed E-state index contributed by atoms with van der Waals surface area (Å²) in [6.45, 7) is 6.95. The van der Waals surface area contributed by atoms with Crippen LogP contribution >= 0.6 is 0 Å². The molecule has 94 valence electrons. The molecule has 0 aliphatic rings. The summed E-state index contributed by atoms with van der Waals surface area (Å²) in [6.07, 6.45) is 1.06. The van der Waals surface area contributed by atoms with E-state index < -0.39 is 0 Å². The van der Waals surface area contributed by atoms with E-state index in [0.717, 1.165) is 12.5 Å². The molecule has 1 unspecified atom stereocenters. The van der Waals surface area contributed by atoms with Crippen molar-refractivity contribution in [3.8, 4) is 0 Å². The fraction of sp³-hybridized carbons (Fsp3) is 0.909. The molecule has 0 aliphatic carbocycles. The Bertz CT molecular complexity index is 185. The molecule has 1 atom stereocenters. The van der Waals surface area contributed by atoms with Crippen molar-refractivity contribution < 1.29 is 18.7 Å². The van der Waals surface area contributed by atoms with Crippen LogP contribution in [0.3, 0.4) is 0 Å². The standard InChI is InChI=1S/C11H22O4Si/c1-9(2)11(12)15-16-7-5-6-14-8-10(3)13-4/h9-10H,5-8H2,1-4H3. The lowest BCUT2D eigenvalue weighted by atomic mass is 10.2. The van der Waals surface area contributed by atoms with E-state index in [1.54, 1.807) is 7.11 Å². The topological polar surface area (TPSA) is 44.8 Å². The largest absolute Gasteiger partial charge is 0.516 e. The van der Waals surface area contributed by atoms with Gasteiger partial charge in [0, 0.05) is 19.6 Å². The highest BCUT2D eigenvalue weighted by Crippen LogP contribution is 1.98. The first-order valence-corrected chi connectivity index (χ1v) is 6.73. The van der Waals surface area contributed by atoms with Crippen LogP contribution in [-0.4, -0.2) is 42.2 Å². The van der Waals surface area contributed by atoms with E-state index in [1.165, 1.54) is 0 Å². The lowest BCUT2D eigenvalue weighted by molar-refractivity contribution is -0.137. The van der Waals surface area contributed by atoms with Gasteiger partial charge in [0.05, 0.1) is 12.7 Å². The Labute approximate surface area is 101 Å². The zero-order valence-corrected chi connectivity index (χ0v) is 11.6. The molecule has 0 aliphatic heterocycles. The monoisotopic (exact) mass is 246 g/mol. The Morgan fingerprint density at radius 2 is 2.00 bits per heavy atom. The Morgan fingerprint density at radius 3 is 2.56 bits per heavy atom. The minimum Gasteiger partial charge on any atom is -0.516 e. The van der Waals surface area contributed by atoms with E-state index in [-0.39, 0.29) is 27.8 Å². The van der Waals surface area contributed by atoms with Gasteiger partial charge < -0.3 is 13.9 Å². The first-order chi connectivity index (χ1) is 7.57. The Hall–Kier alpha value is -0.393. The maximum Gasteiger partial charge on any atom is 0.314 e. The van der Waals surface area contributed by atoms with Crippen molar-refractivity contribution in [2.24, 2.45) is 5.92 Å².